The number of sulfonamides is 1. The Morgan fingerprint density at radius 2 is 1.82 bits per heavy atom. The van der Waals surface area contributed by atoms with Gasteiger partial charge in [-0.05, 0) is 66.6 Å². The summed E-state index contributed by atoms with van der Waals surface area (Å²) >= 11 is 1.55. The molecule has 1 fully saturated rings. The molecule has 2 aliphatic rings. The van der Waals surface area contributed by atoms with Crippen molar-refractivity contribution in [1.29, 1.82) is 0 Å². The summed E-state index contributed by atoms with van der Waals surface area (Å²) in [6.07, 6.45) is -2.86. The molecule has 0 spiro atoms. The molecule has 9 nitrogen and oxygen atoms in total. The quantitative estimate of drug-likeness (QED) is 0.400. The Morgan fingerprint density at radius 3 is 2.42 bits per heavy atom. The molecule has 0 atom stereocenters. The number of benzene rings is 2. The van der Waals surface area contributed by atoms with E-state index in [0.29, 0.717) is 6.07 Å². The van der Waals surface area contributed by atoms with Gasteiger partial charge in [-0.15, -0.1) is 0 Å². The van der Waals surface area contributed by atoms with Crippen molar-refractivity contribution in [3.05, 3.63) is 48.0 Å². The number of anilines is 2. The van der Waals surface area contributed by atoms with Crippen LogP contribution in [0.15, 0.2) is 47.4 Å². The Hall–Kier alpha value is -3.13. The van der Waals surface area contributed by atoms with Crippen molar-refractivity contribution in [3.63, 3.8) is 0 Å². The molecule has 1 saturated carbocycles. The van der Waals surface area contributed by atoms with Gasteiger partial charge < -0.3 is 14.2 Å². The highest BCUT2D eigenvalue weighted by atomic mass is 32.2. The summed E-state index contributed by atoms with van der Waals surface area (Å²) < 4.78 is 79.8. The maximum Gasteiger partial charge on any atom is 0.416 e. The van der Waals surface area contributed by atoms with Crippen molar-refractivity contribution in [3.8, 4) is 5.75 Å². The number of carbonyl (C=O) groups excluding carboxylic acids is 2. The summed E-state index contributed by atoms with van der Waals surface area (Å²) in [4.78, 5) is 21.8. The molecule has 0 saturated heterocycles. The second-order valence-corrected chi connectivity index (χ2v) is 13.3. The van der Waals surface area contributed by atoms with E-state index in [9.17, 15) is 31.2 Å². The third-order valence-corrected chi connectivity index (χ3v) is 8.32. The van der Waals surface area contributed by atoms with Gasteiger partial charge in [0, 0.05) is 17.9 Å². The summed E-state index contributed by atoms with van der Waals surface area (Å²) in [5.41, 5.74) is -0.958. The minimum absolute atomic E-state index is 0.0194. The third kappa shape index (κ3) is 9.22. The highest BCUT2D eigenvalue weighted by Gasteiger charge is 2.35. The molecule has 14 heteroatoms. The van der Waals surface area contributed by atoms with Gasteiger partial charge in [-0.3, -0.25) is 14.4 Å². The van der Waals surface area contributed by atoms with Crippen molar-refractivity contribution in [1.82, 2.24) is 4.72 Å². The van der Waals surface area contributed by atoms with E-state index >= 15 is 0 Å². The van der Waals surface area contributed by atoms with Crippen molar-refractivity contribution in [2.45, 2.75) is 56.9 Å². The number of hydrogen-bond acceptors (Lipinski definition) is 7. The fourth-order valence-corrected chi connectivity index (χ4v) is 5.47. The normalized spacial score (nSPS) is 15.1. The number of ether oxygens (including phenoxy) is 2. The van der Waals surface area contributed by atoms with Crippen LogP contribution in [0.3, 0.4) is 0 Å². The smallest absolute Gasteiger partial charge is 0.416 e. The number of rotatable bonds is 6. The Labute approximate surface area is 236 Å². The van der Waals surface area contributed by atoms with Crippen LogP contribution in [0.5, 0.6) is 5.75 Å². The van der Waals surface area contributed by atoms with Crippen LogP contribution in [-0.2, 0) is 25.7 Å². The van der Waals surface area contributed by atoms with E-state index in [1.807, 2.05) is 20.8 Å². The van der Waals surface area contributed by atoms with Gasteiger partial charge in [0.2, 0.25) is 5.91 Å². The molecule has 1 aliphatic heterocycles. The van der Waals surface area contributed by atoms with Crippen LogP contribution in [0, 0.1) is 5.41 Å². The summed E-state index contributed by atoms with van der Waals surface area (Å²) in [6, 6.07) is 7.90. The average Bonchev–Trinajstić information content (AvgIpc) is 3.70. The lowest BCUT2D eigenvalue weighted by Gasteiger charge is -2.31. The molecule has 0 aromatic heterocycles. The Morgan fingerprint density at radius 1 is 1.12 bits per heavy atom. The van der Waals surface area contributed by atoms with Gasteiger partial charge in [0.1, 0.15) is 12.4 Å². The second-order valence-electron chi connectivity index (χ2n) is 10.4. The van der Waals surface area contributed by atoms with Crippen LogP contribution in [0.1, 0.15) is 46.1 Å². The molecule has 2 aromatic rings. The lowest BCUT2D eigenvalue weighted by molar-refractivity contribution is -0.137. The van der Waals surface area contributed by atoms with Gasteiger partial charge in [-0.1, -0.05) is 26.8 Å². The number of amides is 2. The van der Waals surface area contributed by atoms with E-state index in [1.165, 1.54) is 38.0 Å². The molecule has 220 valence electrons. The van der Waals surface area contributed by atoms with Gasteiger partial charge in [0.05, 0.1) is 29.3 Å². The van der Waals surface area contributed by atoms with Crippen molar-refractivity contribution >= 4 is 45.3 Å². The van der Waals surface area contributed by atoms with Gasteiger partial charge in [-0.2, -0.15) is 13.2 Å². The topological polar surface area (TPSA) is 114 Å². The molecule has 40 heavy (non-hydrogen) atoms. The van der Waals surface area contributed by atoms with Crippen LogP contribution in [0.4, 0.5) is 29.3 Å². The summed E-state index contributed by atoms with van der Waals surface area (Å²) in [7, 11) is -4.32. The first kappa shape index (κ1) is 31.4. The molecule has 1 heterocycles. The largest absolute Gasteiger partial charge is 0.489 e. The van der Waals surface area contributed by atoms with Gasteiger partial charge >= 0.3 is 12.3 Å². The van der Waals surface area contributed by atoms with E-state index in [2.05, 4.69) is 10.0 Å². The summed E-state index contributed by atoms with van der Waals surface area (Å²) in [6.45, 7) is 7.31. The van der Waals surface area contributed by atoms with Gasteiger partial charge in [-0.25, -0.2) is 13.2 Å². The predicted molar refractivity (Wildman–Crippen MR) is 147 cm³/mol. The molecule has 1 aliphatic carbocycles. The lowest BCUT2D eigenvalue weighted by Crippen LogP contribution is -2.38. The SMILES string of the molecule is CC(=O)NSC1CC1.CC(C)(C)COC(=O)Nc1ccc2c(c1)N(S(=O)(=O)c1cccc(C(F)(F)F)c1)CCO2. The van der Waals surface area contributed by atoms with Crippen molar-refractivity contribution in [2.75, 3.05) is 29.4 Å². The molecule has 2 aromatic carbocycles. The molecule has 2 amide bonds. The Bertz CT molecular complexity index is 1330. The average molecular weight is 604 g/mol. The lowest BCUT2D eigenvalue weighted by atomic mass is 9.99. The highest BCUT2D eigenvalue weighted by Crippen LogP contribution is 2.38. The summed E-state index contributed by atoms with van der Waals surface area (Å²) in [5, 5.41) is 3.24. The number of hydrogen-bond donors (Lipinski definition) is 2. The molecule has 2 N–H and O–H groups in total. The fraction of sp³-hybridized carbons (Fsp3) is 0.462. The first-order chi connectivity index (χ1) is 18.6. The van der Waals surface area contributed by atoms with E-state index < -0.39 is 32.8 Å². The van der Waals surface area contributed by atoms with Crippen molar-refractivity contribution in [2.24, 2.45) is 5.41 Å². The van der Waals surface area contributed by atoms with E-state index in [0.717, 1.165) is 27.8 Å². The van der Waals surface area contributed by atoms with Gasteiger partial charge in [0.15, 0.2) is 0 Å². The number of halogens is 3. The number of alkyl halides is 3. The Balaban J connectivity index is 0.000000472. The minimum Gasteiger partial charge on any atom is -0.489 e. The van der Waals surface area contributed by atoms with Crippen molar-refractivity contribution < 1.29 is 40.7 Å². The zero-order valence-electron chi connectivity index (χ0n) is 22.5. The van der Waals surface area contributed by atoms with E-state index in [-0.39, 0.29) is 48.2 Å². The van der Waals surface area contributed by atoms with Crippen LogP contribution in [0.2, 0.25) is 0 Å². The molecular weight excluding hydrogens is 571 g/mol. The number of fused-ring (bicyclic) bond motifs is 1. The third-order valence-electron chi connectivity index (χ3n) is 5.31. The van der Waals surface area contributed by atoms with Crippen LogP contribution in [0.25, 0.3) is 0 Å². The zero-order valence-corrected chi connectivity index (χ0v) is 24.1. The molecular formula is C26H32F3N3O6S2. The molecule has 0 unspecified atom stereocenters. The predicted octanol–water partition coefficient (Wildman–Crippen LogP) is 5.82. The zero-order chi connectivity index (χ0) is 29.7. The second kappa shape index (κ2) is 12.6. The maximum absolute atomic E-state index is 13.2. The molecule has 4 rings (SSSR count). The minimum atomic E-state index is -4.68. The Kier molecular flexibility index (Phi) is 9.88. The van der Waals surface area contributed by atoms with Crippen LogP contribution in [-0.4, -0.2) is 45.4 Å². The highest BCUT2D eigenvalue weighted by molar-refractivity contribution is 7.98. The standard InChI is InChI=1S/C21H23F3N2O5S.C5H9NOS/c1-20(2,3)13-31-19(27)25-15-7-8-18-17(12-15)26(9-10-30-18)32(28,29)16-6-4-5-14(11-16)21(22,23)24;1-4(7)6-8-5-2-3-5/h4-8,11-12H,9-10,13H2,1-3H3,(H,25,27);5H,2-3H2,1H3,(H,6,7). The first-order valence-corrected chi connectivity index (χ1v) is 14.7. The number of nitrogens with zero attached hydrogens (tertiary/aromatic N) is 1. The van der Waals surface area contributed by atoms with Crippen LogP contribution < -0.4 is 19.1 Å². The molecule has 0 radical (unpaired) electrons. The first-order valence-electron chi connectivity index (χ1n) is 12.4. The van der Waals surface area contributed by atoms with E-state index in [4.69, 9.17) is 9.47 Å². The van der Waals surface area contributed by atoms with E-state index in [1.54, 1.807) is 11.9 Å². The maximum atomic E-state index is 13.2. The monoisotopic (exact) mass is 603 g/mol. The summed E-state index contributed by atoms with van der Waals surface area (Å²) in [5.74, 6) is 0.280. The molecule has 0 bridgehead atoms. The van der Waals surface area contributed by atoms with Crippen LogP contribution >= 0.6 is 11.9 Å². The number of carbonyl (C=O) groups is 2. The fourth-order valence-electron chi connectivity index (χ4n) is 3.27. The number of nitrogens with one attached hydrogen (secondary N) is 2. The van der Waals surface area contributed by atoms with Gasteiger partial charge in [0.25, 0.3) is 10.0 Å².